The average Bonchev–Trinajstić information content (AvgIpc) is 2.38. The molecule has 1 fully saturated rings. The Bertz CT molecular complexity index is 419. The van der Waals surface area contributed by atoms with E-state index >= 15 is 0 Å². The molecule has 19 heavy (non-hydrogen) atoms. The van der Waals surface area contributed by atoms with E-state index in [2.05, 4.69) is 5.32 Å². The van der Waals surface area contributed by atoms with Crippen molar-refractivity contribution in [1.29, 1.82) is 0 Å². The maximum Gasteiger partial charge on any atom is 0.240 e. The minimum absolute atomic E-state index is 0. The fraction of sp³-hybridized carbons (Fsp3) is 0.462. The van der Waals surface area contributed by atoms with Crippen LogP contribution in [-0.4, -0.2) is 24.7 Å². The van der Waals surface area contributed by atoms with Gasteiger partial charge < -0.3 is 15.8 Å². The zero-order valence-corrected chi connectivity index (χ0v) is 11.3. The van der Waals surface area contributed by atoms with Gasteiger partial charge in [0.15, 0.2) is 0 Å². The molecule has 1 aromatic carbocycles. The van der Waals surface area contributed by atoms with E-state index in [-0.39, 0.29) is 24.1 Å². The fourth-order valence-electron chi connectivity index (χ4n) is 1.92. The predicted octanol–water partition coefficient (Wildman–Crippen LogP) is 1.37. The third kappa shape index (κ3) is 4.16. The molecule has 3 N–H and O–H groups in total. The zero-order valence-electron chi connectivity index (χ0n) is 10.5. The van der Waals surface area contributed by atoms with Crippen molar-refractivity contribution in [3.63, 3.8) is 0 Å². The Morgan fingerprint density at radius 2 is 1.89 bits per heavy atom. The fourth-order valence-corrected chi connectivity index (χ4v) is 1.92. The number of nitrogens with one attached hydrogen (secondary N) is 1. The van der Waals surface area contributed by atoms with Gasteiger partial charge in [0.05, 0.1) is 5.54 Å². The van der Waals surface area contributed by atoms with Crippen molar-refractivity contribution in [1.82, 2.24) is 5.32 Å². The molecule has 106 valence electrons. The van der Waals surface area contributed by atoms with Gasteiger partial charge in [-0.05, 0) is 30.5 Å². The molecule has 1 heterocycles. The molecule has 0 spiro atoms. The third-order valence-electron chi connectivity index (χ3n) is 3.20. The second kappa shape index (κ2) is 6.84. The van der Waals surface area contributed by atoms with Crippen LogP contribution in [0, 0.1) is 5.82 Å². The summed E-state index contributed by atoms with van der Waals surface area (Å²) in [5, 5.41) is 2.79. The maximum absolute atomic E-state index is 12.7. The minimum atomic E-state index is -0.835. The summed E-state index contributed by atoms with van der Waals surface area (Å²) in [6.07, 6.45) is 1.06. The van der Waals surface area contributed by atoms with Gasteiger partial charge in [0.1, 0.15) is 5.82 Å². The number of carbonyl (C=O) groups is 1. The largest absolute Gasteiger partial charge is 0.381 e. The van der Waals surface area contributed by atoms with Crippen LogP contribution < -0.4 is 11.1 Å². The molecule has 1 aliphatic rings. The zero-order chi connectivity index (χ0) is 13.0. The van der Waals surface area contributed by atoms with E-state index in [0.717, 1.165) is 5.56 Å². The van der Waals surface area contributed by atoms with Gasteiger partial charge in [-0.15, -0.1) is 12.4 Å². The molecule has 1 amide bonds. The number of nitrogens with two attached hydrogens (primary N) is 1. The second-order valence-corrected chi connectivity index (χ2v) is 4.58. The van der Waals surface area contributed by atoms with Crippen molar-refractivity contribution >= 4 is 18.3 Å². The number of amides is 1. The van der Waals surface area contributed by atoms with Crippen LogP contribution in [0.4, 0.5) is 4.39 Å². The molecular formula is C13H18ClFN2O2. The van der Waals surface area contributed by atoms with Gasteiger partial charge in [0.2, 0.25) is 5.91 Å². The van der Waals surface area contributed by atoms with Crippen molar-refractivity contribution in [3.8, 4) is 0 Å². The van der Waals surface area contributed by atoms with Gasteiger partial charge in [0, 0.05) is 19.8 Å². The standard InChI is InChI=1S/C13H17FN2O2.ClH/c14-11-3-1-10(2-4-11)9-16-12(17)13(15)5-7-18-8-6-13;/h1-4H,5-9,15H2,(H,16,17);1H. The number of hydrogen-bond donors (Lipinski definition) is 2. The normalized spacial score (nSPS) is 17.4. The number of benzene rings is 1. The van der Waals surface area contributed by atoms with Crippen LogP contribution in [0.2, 0.25) is 0 Å². The Labute approximate surface area is 117 Å². The number of hydrogen-bond acceptors (Lipinski definition) is 3. The van der Waals surface area contributed by atoms with Crippen LogP contribution in [0.1, 0.15) is 18.4 Å². The molecule has 0 saturated carbocycles. The van der Waals surface area contributed by atoms with Crippen LogP contribution in [0.25, 0.3) is 0 Å². The lowest BCUT2D eigenvalue weighted by Crippen LogP contribution is -2.56. The molecule has 0 bridgehead atoms. The SMILES string of the molecule is Cl.NC1(C(=O)NCc2ccc(F)cc2)CCOCC1. The van der Waals surface area contributed by atoms with E-state index in [4.69, 9.17) is 10.5 Å². The summed E-state index contributed by atoms with van der Waals surface area (Å²) in [4.78, 5) is 12.0. The van der Waals surface area contributed by atoms with E-state index in [1.165, 1.54) is 12.1 Å². The molecule has 0 aliphatic carbocycles. The van der Waals surface area contributed by atoms with Crippen LogP contribution in [0.15, 0.2) is 24.3 Å². The van der Waals surface area contributed by atoms with Crippen molar-refractivity contribution < 1.29 is 13.9 Å². The summed E-state index contributed by atoms with van der Waals surface area (Å²) in [5.74, 6) is -0.458. The van der Waals surface area contributed by atoms with Gasteiger partial charge in [-0.2, -0.15) is 0 Å². The van der Waals surface area contributed by atoms with E-state index in [0.29, 0.717) is 32.6 Å². The van der Waals surface area contributed by atoms with Crippen molar-refractivity contribution in [2.45, 2.75) is 24.9 Å². The summed E-state index contributed by atoms with van der Waals surface area (Å²) >= 11 is 0. The molecule has 0 radical (unpaired) electrons. The molecule has 6 heteroatoms. The number of ether oxygens (including phenoxy) is 1. The highest BCUT2D eigenvalue weighted by Crippen LogP contribution is 2.17. The molecule has 0 unspecified atom stereocenters. The van der Waals surface area contributed by atoms with Crippen LogP contribution >= 0.6 is 12.4 Å². The highest BCUT2D eigenvalue weighted by Gasteiger charge is 2.35. The number of halogens is 2. The van der Waals surface area contributed by atoms with Crippen LogP contribution in [0.5, 0.6) is 0 Å². The van der Waals surface area contributed by atoms with E-state index < -0.39 is 5.54 Å². The molecule has 4 nitrogen and oxygen atoms in total. The van der Waals surface area contributed by atoms with Crippen LogP contribution in [-0.2, 0) is 16.1 Å². The summed E-state index contributed by atoms with van der Waals surface area (Å²) < 4.78 is 17.9. The molecule has 0 atom stereocenters. The molecule has 1 aromatic rings. The predicted molar refractivity (Wildman–Crippen MR) is 72.5 cm³/mol. The molecular weight excluding hydrogens is 271 g/mol. The van der Waals surface area contributed by atoms with Gasteiger partial charge >= 0.3 is 0 Å². The topological polar surface area (TPSA) is 64.4 Å². The highest BCUT2D eigenvalue weighted by atomic mass is 35.5. The Kier molecular flexibility index (Phi) is 5.72. The Balaban J connectivity index is 0.00000180. The van der Waals surface area contributed by atoms with E-state index in [1.807, 2.05) is 0 Å². The Morgan fingerprint density at radius 1 is 1.32 bits per heavy atom. The average molecular weight is 289 g/mol. The molecule has 1 aliphatic heterocycles. The third-order valence-corrected chi connectivity index (χ3v) is 3.20. The van der Waals surface area contributed by atoms with Crippen molar-refractivity contribution in [2.24, 2.45) is 5.73 Å². The minimum Gasteiger partial charge on any atom is -0.381 e. The molecule has 0 aromatic heterocycles. The smallest absolute Gasteiger partial charge is 0.240 e. The summed E-state index contributed by atoms with van der Waals surface area (Å²) in [7, 11) is 0. The first-order chi connectivity index (χ1) is 8.60. The van der Waals surface area contributed by atoms with Gasteiger partial charge in [-0.25, -0.2) is 4.39 Å². The molecule has 1 saturated heterocycles. The van der Waals surface area contributed by atoms with Crippen molar-refractivity contribution in [3.05, 3.63) is 35.6 Å². The number of rotatable bonds is 3. The summed E-state index contributed by atoms with van der Waals surface area (Å²) in [6.45, 7) is 1.39. The Morgan fingerprint density at radius 3 is 2.47 bits per heavy atom. The van der Waals surface area contributed by atoms with Crippen molar-refractivity contribution in [2.75, 3.05) is 13.2 Å². The van der Waals surface area contributed by atoms with Gasteiger partial charge in [-0.3, -0.25) is 4.79 Å². The first-order valence-corrected chi connectivity index (χ1v) is 5.99. The second-order valence-electron chi connectivity index (χ2n) is 4.58. The first-order valence-electron chi connectivity index (χ1n) is 5.99. The summed E-state index contributed by atoms with van der Waals surface area (Å²) in [6, 6.07) is 6.02. The quantitative estimate of drug-likeness (QED) is 0.883. The van der Waals surface area contributed by atoms with Gasteiger partial charge in [-0.1, -0.05) is 12.1 Å². The highest BCUT2D eigenvalue weighted by molar-refractivity contribution is 5.86. The van der Waals surface area contributed by atoms with E-state index in [9.17, 15) is 9.18 Å². The maximum atomic E-state index is 12.7. The lowest BCUT2D eigenvalue weighted by Gasteiger charge is -2.31. The van der Waals surface area contributed by atoms with Gasteiger partial charge in [0.25, 0.3) is 0 Å². The van der Waals surface area contributed by atoms with E-state index in [1.54, 1.807) is 12.1 Å². The van der Waals surface area contributed by atoms with Crippen LogP contribution in [0.3, 0.4) is 0 Å². The molecule has 2 rings (SSSR count). The lowest BCUT2D eigenvalue weighted by atomic mass is 9.90. The number of carbonyl (C=O) groups excluding carboxylic acids is 1. The lowest BCUT2D eigenvalue weighted by molar-refractivity contribution is -0.129. The first kappa shape index (κ1) is 15.9. The summed E-state index contributed by atoms with van der Waals surface area (Å²) in [5.41, 5.74) is 6.05. The monoisotopic (exact) mass is 288 g/mol. The Hall–Kier alpha value is -1.17.